The summed E-state index contributed by atoms with van der Waals surface area (Å²) in [6.07, 6.45) is 0. The molecule has 0 aliphatic heterocycles. The topological polar surface area (TPSA) is 67.2 Å². The summed E-state index contributed by atoms with van der Waals surface area (Å²) in [5, 5.41) is 9.14. The molecule has 4 nitrogen and oxygen atoms in total. The number of nitrogens with zero attached hydrogens (tertiary/aromatic N) is 1. The molecule has 0 saturated heterocycles. The molecule has 0 heterocycles. The Morgan fingerprint density at radius 1 is 1.20 bits per heavy atom. The Kier molecular flexibility index (Phi) is 4.23. The standard InChI is InChI=1S/C13H7ClFNO3S/c14-9-4-10(15)6-11(5-9)19-13-2-1-12(20(17)18)3-8(13)7-16/h1-6,20H. The van der Waals surface area contributed by atoms with E-state index >= 15 is 0 Å². The van der Waals surface area contributed by atoms with E-state index in [2.05, 4.69) is 0 Å². The summed E-state index contributed by atoms with van der Waals surface area (Å²) in [5.74, 6) is -0.342. The minimum absolute atomic E-state index is 0.00109. The van der Waals surface area contributed by atoms with Gasteiger partial charge in [0, 0.05) is 11.1 Å². The molecule has 0 aromatic heterocycles. The zero-order valence-corrected chi connectivity index (χ0v) is 11.5. The van der Waals surface area contributed by atoms with Crippen molar-refractivity contribution in [2.24, 2.45) is 0 Å². The van der Waals surface area contributed by atoms with Crippen molar-refractivity contribution >= 4 is 22.3 Å². The van der Waals surface area contributed by atoms with Crippen LogP contribution in [-0.2, 0) is 10.7 Å². The summed E-state index contributed by atoms with van der Waals surface area (Å²) in [5.41, 5.74) is 0.0297. The third kappa shape index (κ3) is 3.26. The maximum absolute atomic E-state index is 13.2. The van der Waals surface area contributed by atoms with E-state index in [0.717, 1.165) is 12.1 Å². The third-order valence-electron chi connectivity index (χ3n) is 2.36. The lowest BCUT2D eigenvalue weighted by Crippen LogP contribution is -1.91. The summed E-state index contributed by atoms with van der Waals surface area (Å²) >= 11 is 5.69. The van der Waals surface area contributed by atoms with E-state index in [9.17, 15) is 12.8 Å². The minimum atomic E-state index is -2.79. The van der Waals surface area contributed by atoms with E-state index in [-0.39, 0.29) is 27.0 Å². The molecule has 0 radical (unpaired) electrons. The molecule has 102 valence electrons. The van der Waals surface area contributed by atoms with E-state index < -0.39 is 16.5 Å². The van der Waals surface area contributed by atoms with Crippen LogP contribution in [0.5, 0.6) is 11.5 Å². The van der Waals surface area contributed by atoms with Crippen molar-refractivity contribution in [3.8, 4) is 17.6 Å². The molecule has 0 aliphatic rings. The molecule has 2 rings (SSSR count). The number of benzene rings is 2. The van der Waals surface area contributed by atoms with E-state index in [0.29, 0.717) is 0 Å². The number of halogens is 2. The van der Waals surface area contributed by atoms with Crippen LogP contribution in [0, 0.1) is 17.1 Å². The van der Waals surface area contributed by atoms with Gasteiger partial charge in [0.2, 0.25) is 0 Å². The van der Waals surface area contributed by atoms with Crippen LogP contribution < -0.4 is 4.74 Å². The summed E-state index contributed by atoms with van der Waals surface area (Å²) in [6.45, 7) is 0. The van der Waals surface area contributed by atoms with Gasteiger partial charge in [0.05, 0.1) is 10.5 Å². The number of rotatable bonds is 3. The summed E-state index contributed by atoms with van der Waals surface area (Å²) in [6, 6.07) is 9.23. The molecule has 0 N–H and O–H groups in total. The zero-order valence-electron chi connectivity index (χ0n) is 9.84. The van der Waals surface area contributed by atoms with Gasteiger partial charge in [-0.15, -0.1) is 0 Å². The van der Waals surface area contributed by atoms with Crippen LogP contribution in [0.25, 0.3) is 0 Å². The lowest BCUT2D eigenvalue weighted by molar-refractivity contribution is 0.475. The summed E-state index contributed by atoms with van der Waals surface area (Å²) < 4.78 is 40.2. The van der Waals surface area contributed by atoms with Gasteiger partial charge < -0.3 is 4.74 Å². The van der Waals surface area contributed by atoms with Crippen LogP contribution in [-0.4, -0.2) is 8.42 Å². The number of ether oxygens (including phenoxy) is 1. The summed E-state index contributed by atoms with van der Waals surface area (Å²) in [4.78, 5) is 0.00109. The van der Waals surface area contributed by atoms with Crippen LogP contribution >= 0.6 is 11.6 Å². The van der Waals surface area contributed by atoms with Gasteiger partial charge >= 0.3 is 0 Å². The number of hydrogen-bond acceptors (Lipinski definition) is 4. The fourth-order valence-electron chi connectivity index (χ4n) is 1.52. The van der Waals surface area contributed by atoms with Crippen LogP contribution in [0.4, 0.5) is 4.39 Å². The van der Waals surface area contributed by atoms with Crippen molar-refractivity contribution in [2.75, 3.05) is 0 Å². The molecular weight excluding hydrogens is 305 g/mol. The smallest absolute Gasteiger partial charge is 0.168 e. The number of nitriles is 1. The molecule has 7 heteroatoms. The Labute approximate surface area is 120 Å². The molecule has 0 saturated carbocycles. The van der Waals surface area contributed by atoms with Gasteiger partial charge in [-0.25, -0.2) is 12.8 Å². The highest BCUT2D eigenvalue weighted by molar-refractivity contribution is 7.72. The van der Waals surface area contributed by atoms with Crippen molar-refractivity contribution in [1.82, 2.24) is 0 Å². The molecule has 20 heavy (non-hydrogen) atoms. The maximum Gasteiger partial charge on any atom is 0.168 e. The first-order valence-corrected chi connectivity index (χ1v) is 6.87. The average Bonchev–Trinajstić information content (AvgIpc) is 2.37. The van der Waals surface area contributed by atoms with Gasteiger partial charge in [-0.2, -0.15) is 5.26 Å². The molecule has 0 atom stereocenters. The number of hydrogen-bond donors (Lipinski definition) is 1. The quantitative estimate of drug-likeness (QED) is 0.884. The molecule has 2 aromatic carbocycles. The van der Waals surface area contributed by atoms with E-state index in [4.69, 9.17) is 21.6 Å². The van der Waals surface area contributed by atoms with Crippen LogP contribution in [0.1, 0.15) is 5.56 Å². The van der Waals surface area contributed by atoms with E-state index in [1.165, 1.54) is 24.3 Å². The molecular formula is C13H7ClFNO3S. The van der Waals surface area contributed by atoms with Gasteiger partial charge in [-0.3, -0.25) is 0 Å². The van der Waals surface area contributed by atoms with Crippen LogP contribution in [0.3, 0.4) is 0 Å². The van der Waals surface area contributed by atoms with Gasteiger partial charge in [0.15, 0.2) is 10.7 Å². The molecule has 0 amide bonds. The molecule has 0 unspecified atom stereocenters. The largest absolute Gasteiger partial charge is 0.456 e. The Hall–Kier alpha value is -2.10. The first-order chi connectivity index (χ1) is 9.49. The van der Waals surface area contributed by atoms with E-state index in [1.807, 2.05) is 6.07 Å². The molecule has 0 fully saturated rings. The second kappa shape index (κ2) is 5.90. The normalized spacial score (nSPS) is 10.3. The maximum atomic E-state index is 13.2. The van der Waals surface area contributed by atoms with Crippen molar-refractivity contribution in [3.63, 3.8) is 0 Å². The second-order valence-corrected chi connectivity index (χ2v) is 5.22. The minimum Gasteiger partial charge on any atom is -0.456 e. The summed E-state index contributed by atoms with van der Waals surface area (Å²) in [7, 11) is -2.79. The highest BCUT2D eigenvalue weighted by Gasteiger charge is 2.09. The van der Waals surface area contributed by atoms with Gasteiger partial charge in [-0.05, 0) is 30.3 Å². The average molecular weight is 312 g/mol. The van der Waals surface area contributed by atoms with Crippen LogP contribution in [0.2, 0.25) is 5.02 Å². The third-order valence-corrected chi connectivity index (χ3v) is 3.28. The van der Waals surface area contributed by atoms with Crippen molar-refractivity contribution < 1.29 is 17.5 Å². The SMILES string of the molecule is N#Cc1cc([SH](=O)=O)ccc1Oc1cc(F)cc(Cl)c1. The Morgan fingerprint density at radius 3 is 2.55 bits per heavy atom. The highest BCUT2D eigenvalue weighted by Crippen LogP contribution is 2.28. The van der Waals surface area contributed by atoms with Crippen molar-refractivity contribution in [2.45, 2.75) is 4.90 Å². The first kappa shape index (κ1) is 14.3. The molecule has 2 aromatic rings. The fraction of sp³-hybridized carbons (Fsp3) is 0. The zero-order chi connectivity index (χ0) is 14.7. The highest BCUT2D eigenvalue weighted by atomic mass is 35.5. The van der Waals surface area contributed by atoms with Gasteiger partial charge in [-0.1, -0.05) is 11.6 Å². The monoisotopic (exact) mass is 311 g/mol. The molecule has 0 spiro atoms. The van der Waals surface area contributed by atoms with Crippen LogP contribution in [0.15, 0.2) is 41.3 Å². The van der Waals surface area contributed by atoms with Gasteiger partial charge in [0.25, 0.3) is 0 Å². The van der Waals surface area contributed by atoms with Crippen molar-refractivity contribution in [3.05, 3.63) is 52.8 Å². The number of thiol groups is 1. The molecule has 0 bridgehead atoms. The van der Waals surface area contributed by atoms with E-state index in [1.54, 1.807) is 0 Å². The van der Waals surface area contributed by atoms with Gasteiger partial charge in [0.1, 0.15) is 23.4 Å². The predicted octanol–water partition coefficient (Wildman–Crippen LogP) is 3.11. The van der Waals surface area contributed by atoms with Crippen molar-refractivity contribution in [1.29, 1.82) is 5.26 Å². The predicted molar refractivity (Wildman–Crippen MR) is 71.2 cm³/mol. The Morgan fingerprint density at radius 2 is 1.95 bits per heavy atom. The second-order valence-electron chi connectivity index (χ2n) is 3.76. The Balaban J connectivity index is 2.41. The fourth-order valence-corrected chi connectivity index (χ4v) is 2.16. The molecule has 0 aliphatic carbocycles. The first-order valence-electron chi connectivity index (χ1n) is 5.32. The lowest BCUT2D eigenvalue weighted by atomic mass is 10.2. The lowest BCUT2D eigenvalue weighted by Gasteiger charge is -2.08. The Bertz CT molecular complexity index is 755.